The molecule has 8 heteroatoms. The minimum Gasteiger partial charge on any atom is -0.391 e. The van der Waals surface area contributed by atoms with Crippen molar-refractivity contribution in [1.82, 2.24) is 5.32 Å². The highest BCUT2D eigenvalue weighted by Crippen LogP contribution is 2.15. The lowest BCUT2D eigenvalue weighted by atomic mass is 10.0. The molecule has 7 nitrogen and oxygen atoms in total. The molecule has 234 valence electrons. The average molecular weight is 578 g/mol. The summed E-state index contributed by atoms with van der Waals surface area (Å²) in [5.74, 6) is -1.45. The van der Waals surface area contributed by atoms with Crippen molar-refractivity contribution in [3.63, 3.8) is 0 Å². The summed E-state index contributed by atoms with van der Waals surface area (Å²) in [7, 11) is -4.39. The first kappa shape index (κ1) is 38.3. The third-order valence-corrected chi connectivity index (χ3v) is 8.45. The largest absolute Gasteiger partial charge is 0.391 e. The monoisotopic (exact) mass is 577 g/mol. The van der Waals surface area contributed by atoms with E-state index in [0.717, 1.165) is 51.4 Å². The summed E-state index contributed by atoms with van der Waals surface area (Å²) < 4.78 is 32.3. The molecule has 4 N–H and O–H groups in total. The second-order valence-electron chi connectivity index (χ2n) is 11.6. The van der Waals surface area contributed by atoms with E-state index in [2.05, 4.69) is 19.2 Å². The lowest BCUT2D eigenvalue weighted by Gasteiger charge is -2.24. The maximum Gasteiger partial charge on any atom is 0.266 e. The van der Waals surface area contributed by atoms with E-state index in [-0.39, 0.29) is 0 Å². The highest BCUT2D eigenvalue weighted by Gasteiger charge is 2.28. The average Bonchev–Trinajstić information content (AvgIpc) is 2.88. The van der Waals surface area contributed by atoms with Crippen LogP contribution in [0.5, 0.6) is 0 Å². The van der Waals surface area contributed by atoms with Crippen LogP contribution in [-0.4, -0.2) is 53.1 Å². The van der Waals surface area contributed by atoms with Crippen LogP contribution >= 0.6 is 0 Å². The third kappa shape index (κ3) is 26.0. The molecule has 3 unspecified atom stereocenters. The smallest absolute Gasteiger partial charge is 0.266 e. The van der Waals surface area contributed by atoms with Crippen LogP contribution in [0.2, 0.25) is 0 Å². The van der Waals surface area contributed by atoms with Gasteiger partial charge in [0.25, 0.3) is 10.1 Å². The van der Waals surface area contributed by atoms with Crippen LogP contribution in [0.25, 0.3) is 0 Å². The zero-order valence-corrected chi connectivity index (χ0v) is 26.2. The number of aliphatic hydroxyl groups excluding tert-OH is 2. The molecule has 0 aliphatic heterocycles. The van der Waals surface area contributed by atoms with E-state index in [1.54, 1.807) is 0 Å². The summed E-state index contributed by atoms with van der Waals surface area (Å²) in [5.41, 5.74) is 0. The molecular formula is C31H63NO6S. The van der Waals surface area contributed by atoms with E-state index in [0.29, 0.717) is 12.8 Å². The van der Waals surface area contributed by atoms with E-state index >= 15 is 0 Å². The Kier molecular flexibility index (Phi) is 25.7. The molecule has 0 bridgehead atoms. The number of hydrogen-bond donors (Lipinski definition) is 4. The van der Waals surface area contributed by atoms with Crippen LogP contribution in [0.15, 0.2) is 0 Å². The molecule has 0 aromatic rings. The van der Waals surface area contributed by atoms with Gasteiger partial charge < -0.3 is 15.5 Å². The maximum atomic E-state index is 12.5. The molecule has 0 aliphatic rings. The fraction of sp³-hybridized carbons (Fsp3) is 0.968. The van der Waals surface area contributed by atoms with Gasteiger partial charge in [0.2, 0.25) is 5.91 Å². The Morgan fingerprint density at radius 2 is 0.923 bits per heavy atom. The van der Waals surface area contributed by atoms with Crippen molar-refractivity contribution in [3.05, 3.63) is 0 Å². The van der Waals surface area contributed by atoms with E-state index in [9.17, 15) is 28.0 Å². The van der Waals surface area contributed by atoms with Crippen LogP contribution in [0.1, 0.15) is 168 Å². The third-order valence-electron chi connectivity index (χ3n) is 7.67. The van der Waals surface area contributed by atoms with Gasteiger partial charge in [0.15, 0.2) is 0 Å². The molecule has 3 atom stereocenters. The van der Waals surface area contributed by atoms with Crippen molar-refractivity contribution < 1.29 is 28.0 Å². The Hall–Kier alpha value is -0.700. The minimum atomic E-state index is -4.39. The number of rotatable bonds is 29. The zero-order valence-electron chi connectivity index (χ0n) is 25.4. The lowest BCUT2D eigenvalue weighted by molar-refractivity contribution is -0.131. The summed E-state index contributed by atoms with van der Waals surface area (Å²) in [6, 6.07) is -1.14. The molecule has 0 aromatic carbocycles. The van der Waals surface area contributed by atoms with Gasteiger partial charge in [-0.1, -0.05) is 155 Å². The number of hydrogen-bond acceptors (Lipinski definition) is 5. The Labute approximate surface area is 241 Å². The number of unbranched alkanes of at least 4 members (excludes halogenated alkanes) is 20. The van der Waals surface area contributed by atoms with Gasteiger partial charge in [-0.25, -0.2) is 0 Å². The number of amides is 1. The molecule has 0 rings (SSSR count). The number of nitrogens with one attached hydrogen (secondary N) is 1. The number of carbonyl (C=O) groups is 1. The number of aliphatic hydroxyl groups is 2. The van der Waals surface area contributed by atoms with E-state index < -0.39 is 40.0 Å². The van der Waals surface area contributed by atoms with Crippen LogP contribution in [-0.2, 0) is 14.9 Å². The molecule has 0 saturated heterocycles. The van der Waals surface area contributed by atoms with Crippen LogP contribution in [0, 0.1) is 0 Å². The van der Waals surface area contributed by atoms with Gasteiger partial charge in [-0.15, -0.1) is 0 Å². The molecule has 0 radical (unpaired) electrons. The quantitative estimate of drug-likeness (QED) is 0.0539. The second kappa shape index (κ2) is 26.2. The predicted molar refractivity (Wildman–Crippen MR) is 163 cm³/mol. The van der Waals surface area contributed by atoms with Gasteiger partial charge in [-0.2, -0.15) is 8.42 Å². The van der Waals surface area contributed by atoms with Crippen molar-refractivity contribution >= 4 is 16.0 Å². The van der Waals surface area contributed by atoms with Crippen molar-refractivity contribution in [2.45, 2.75) is 186 Å². The van der Waals surface area contributed by atoms with Gasteiger partial charge in [0.1, 0.15) is 6.10 Å². The number of carbonyl (C=O) groups excluding carboxylic acids is 1. The summed E-state index contributed by atoms with van der Waals surface area (Å²) in [4.78, 5) is 12.5. The molecule has 0 fully saturated rings. The first-order valence-electron chi connectivity index (χ1n) is 16.3. The Balaban J connectivity index is 4.13. The molecule has 0 aliphatic carbocycles. The van der Waals surface area contributed by atoms with Gasteiger partial charge in [0, 0.05) is 0 Å². The van der Waals surface area contributed by atoms with Crippen LogP contribution in [0.3, 0.4) is 0 Å². The molecular weight excluding hydrogens is 514 g/mol. The van der Waals surface area contributed by atoms with Gasteiger partial charge in [0.05, 0.1) is 17.9 Å². The van der Waals surface area contributed by atoms with E-state index in [1.807, 2.05) is 0 Å². The topological polar surface area (TPSA) is 124 Å². The first-order chi connectivity index (χ1) is 18.7. The molecule has 0 aromatic heterocycles. The lowest BCUT2D eigenvalue weighted by Crippen LogP contribution is -2.50. The normalized spacial score (nSPS) is 14.3. The summed E-state index contributed by atoms with van der Waals surface area (Å²) in [6.45, 7) is 4.45. The minimum absolute atomic E-state index is 0.301. The fourth-order valence-electron chi connectivity index (χ4n) is 5.11. The SMILES string of the molecule is CCCCCCCCCCCCCCC(O)C(CS(=O)(=O)O)NC(=O)C(O)CCCCCCCCCCCC. The van der Waals surface area contributed by atoms with Crippen molar-refractivity contribution in [2.24, 2.45) is 0 Å². The maximum absolute atomic E-state index is 12.5. The zero-order chi connectivity index (χ0) is 29.2. The highest BCUT2D eigenvalue weighted by molar-refractivity contribution is 7.85. The standard InChI is InChI=1S/C31H63NO6S/c1-3-5-7-9-11-13-15-16-18-19-21-23-25-29(33)28(27-39(36,37)38)32-31(35)30(34)26-24-22-20-17-14-12-10-8-6-4-2/h28-30,33-34H,3-27H2,1-2H3,(H,32,35)(H,36,37,38). The van der Waals surface area contributed by atoms with Crippen LogP contribution < -0.4 is 5.32 Å². The van der Waals surface area contributed by atoms with Crippen molar-refractivity contribution in [2.75, 3.05) is 5.75 Å². The highest BCUT2D eigenvalue weighted by atomic mass is 32.2. The van der Waals surface area contributed by atoms with Crippen molar-refractivity contribution in [3.8, 4) is 0 Å². The summed E-state index contributed by atoms with van der Waals surface area (Å²) >= 11 is 0. The van der Waals surface area contributed by atoms with E-state index in [1.165, 1.54) is 89.9 Å². The van der Waals surface area contributed by atoms with Gasteiger partial charge >= 0.3 is 0 Å². The summed E-state index contributed by atoms with van der Waals surface area (Å²) in [6.07, 6.45) is 24.1. The first-order valence-corrected chi connectivity index (χ1v) is 17.9. The fourth-order valence-corrected chi connectivity index (χ4v) is 5.87. The molecule has 39 heavy (non-hydrogen) atoms. The van der Waals surface area contributed by atoms with E-state index in [4.69, 9.17) is 0 Å². The van der Waals surface area contributed by atoms with Gasteiger partial charge in [-0.3, -0.25) is 9.35 Å². The molecule has 0 heterocycles. The second-order valence-corrected chi connectivity index (χ2v) is 13.1. The molecule has 0 spiro atoms. The van der Waals surface area contributed by atoms with Crippen LogP contribution in [0.4, 0.5) is 0 Å². The molecule has 1 amide bonds. The molecule has 0 saturated carbocycles. The Bertz CT molecular complexity index is 657. The van der Waals surface area contributed by atoms with Gasteiger partial charge in [-0.05, 0) is 12.8 Å². The predicted octanol–water partition coefficient (Wildman–Crippen LogP) is 7.48. The Morgan fingerprint density at radius 3 is 1.28 bits per heavy atom. The van der Waals surface area contributed by atoms with Crippen molar-refractivity contribution in [1.29, 1.82) is 0 Å². The summed E-state index contributed by atoms with van der Waals surface area (Å²) in [5, 5.41) is 23.3. The Morgan fingerprint density at radius 1 is 0.590 bits per heavy atom.